The van der Waals surface area contributed by atoms with Gasteiger partial charge in [0.2, 0.25) is 0 Å². The Morgan fingerprint density at radius 1 is 1.33 bits per heavy atom. The third kappa shape index (κ3) is 3.87. The van der Waals surface area contributed by atoms with E-state index in [2.05, 4.69) is 20.6 Å². The SMILES string of the molecule is CCOC(=O)CCNc1ncnc(NC)c1CC. The molecule has 0 aliphatic carbocycles. The highest BCUT2D eigenvalue weighted by atomic mass is 16.5. The number of hydrogen-bond acceptors (Lipinski definition) is 6. The summed E-state index contributed by atoms with van der Waals surface area (Å²) in [5, 5.41) is 6.16. The molecule has 6 heteroatoms. The van der Waals surface area contributed by atoms with E-state index in [1.54, 1.807) is 6.92 Å². The van der Waals surface area contributed by atoms with Crippen molar-refractivity contribution in [1.82, 2.24) is 9.97 Å². The summed E-state index contributed by atoms with van der Waals surface area (Å²) in [5.41, 5.74) is 1.02. The lowest BCUT2D eigenvalue weighted by molar-refractivity contribution is -0.142. The van der Waals surface area contributed by atoms with Crippen molar-refractivity contribution < 1.29 is 9.53 Å². The van der Waals surface area contributed by atoms with E-state index < -0.39 is 0 Å². The average Bonchev–Trinajstić information content (AvgIpc) is 2.38. The molecule has 1 aromatic rings. The Hall–Kier alpha value is -1.85. The van der Waals surface area contributed by atoms with Crippen LogP contribution in [0.2, 0.25) is 0 Å². The van der Waals surface area contributed by atoms with E-state index in [1.807, 2.05) is 14.0 Å². The number of ether oxygens (including phenoxy) is 1. The van der Waals surface area contributed by atoms with E-state index in [9.17, 15) is 4.79 Å². The number of esters is 1. The van der Waals surface area contributed by atoms with Gasteiger partial charge >= 0.3 is 5.97 Å². The van der Waals surface area contributed by atoms with Crippen LogP contribution < -0.4 is 10.6 Å². The molecule has 1 heterocycles. The lowest BCUT2D eigenvalue weighted by Crippen LogP contribution is -2.14. The summed E-state index contributed by atoms with van der Waals surface area (Å²) in [5.74, 6) is 1.37. The second kappa shape index (κ2) is 7.47. The maximum atomic E-state index is 11.2. The fourth-order valence-electron chi connectivity index (χ4n) is 1.63. The first-order valence-electron chi connectivity index (χ1n) is 6.14. The van der Waals surface area contributed by atoms with Crippen molar-refractivity contribution in [3.8, 4) is 0 Å². The summed E-state index contributed by atoms with van der Waals surface area (Å²) in [4.78, 5) is 19.5. The minimum Gasteiger partial charge on any atom is -0.466 e. The molecule has 100 valence electrons. The molecule has 0 spiro atoms. The third-order valence-electron chi connectivity index (χ3n) is 2.46. The number of nitrogens with one attached hydrogen (secondary N) is 2. The summed E-state index contributed by atoms with van der Waals surface area (Å²) in [6.45, 7) is 4.75. The van der Waals surface area contributed by atoms with Crippen molar-refractivity contribution in [2.75, 3.05) is 30.8 Å². The molecule has 1 rings (SSSR count). The van der Waals surface area contributed by atoms with Crippen LogP contribution in [0.15, 0.2) is 6.33 Å². The maximum Gasteiger partial charge on any atom is 0.307 e. The molecule has 0 saturated carbocycles. The van der Waals surface area contributed by atoms with Crippen LogP contribution in [0.25, 0.3) is 0 Å². The largest absolute Gasteiger partial charge is 0.466 e. The Morgan fingerprint density at radius 3 is 2.67 bits per heavy atom. The predicted molar refractivity (Wildman–Crippen MR) is 70.7 cm³/mol. The highest BCUT2D eigenvalue weighted by Gasteiger charge is 2.09. The second-order valence-corrected chi connectivity index (χ2v) is 3.63. The van der Waals surface area contributed by atoms with Gasteiger partial charge in [0.1, 0.15) is 18.0 Å². The van der Waals surface area contributed by atoms with Crippen LogP contribution in [0, 0.1) is 0 Å². The summed E-state index contributed by atoms with van der Waals surface area (Å²) >= 11 is 0. The highest BCUT2D eigenvalue weighted by Crippen LogP contribution is 2.19. The molecule has 2 N–H and O–H groups in total. The topological polar surface area (TPSA) is 76.1 Å². The number of nitrogens with zero attached hydrogens (tertiary/aromatic N) is 2. The van der Waals surface area contributed by atoms with Gasteiger partial charge in [-0.3, -0.25) is 4.79 Å². The molecule has 0 unspecified atom stereocenters. The van der Waals surface area contributed by atoms with Crippen LogP contribution in [0.3, 0.4) is 0 Å². The fraction of sp³-hybridized carbons (Fsp3) is 0.583. The van der Waals surface area contributed by atoms with Gasteiger partial charge in [-0.05, 0) is 13.3 Å². The first-order chi connectivity index (χ1) is 8.72. The lowest BCUT2D eigenvalue weighted by Gasteiger charge is -2.12. The van der Waals surface area contributed by atoms with Crippen LogP contribution in [-0.4, -0.2) is 36.1 Å². The van der Waals surface area contributed by atoms with Crippen molar-refractivity contribution >= 4 is 17.6 Å². The van der Waals surface area contributed by atoms with Gasteiger partial charge in [0, 0.05) is 19.2 Å². The van der Waals surface area contributed by atoms with E-state index in [0.29, 0.717) is 19.6 Å². The van der Waals surface area contributed by atoms with E-state index in [0.717, 1.165) is 23.6 Å². The molecule has 0 fully saturated rings. The maximum absolute atomic E-state index is 11.2. The molecule has 0 aliphatic rings. The zero-order chi connectivity index (χ0) is 13.4. The van der Waals surface area contributed by atoms with Crippen molar-refractivity contribution in [2.24, 2.45) is 0 Å². The van der Waals surface area contributed by atoms with Gasteiger partial charge in [0.25, 0.3) is 0 Å². The van der Waals surface area contributed by atoms with Crippen LogP contribution in [-0.2, 0) is 16.0 Å². The minimum absolute atomic E-state index is 0.203. The molecule has 0 aromatic carbocycles. The molecular formula is C12H20N4O2. The average molecular weight is 252 g/mol. The van der Waals surface area contributed by atoms with Gasteiger partial charge in [0.15, 0.2) is 0 Å². The summed E-state index contributed by atoms with van der Waals surface area (Å²) in [6.07, 6.45) is 2.65. The van der Waals surface area contributed by atoms with Crippen molar-refractivity contribution in [3.63, 3.8) is 0 Å². The molecule has 0 saturated heterocycles. The number of aromatic nitrogens is 2. The number of anilines is 2. The number of rotatable bonds is 7. The standard InChI is InChI=1S/C12H20N4O2/c1-4-9-11(13-3)15-8-16-12(9)14-7-6-10(17)18-5-2/h8H,4-7H2,1-3H3,(H2,13,14,15,16). The summed E-state index contributed by atoms with van der Waals surface area (Å²) in [7, 11) is 1.82. The van der Waals surface area contributed by atoms with Crippen molar-refractivity contribution in [3.05, 3.63) is 11.9 Å². The van der Waals surface area contributed by atoms with Crippen LogP contribution in [0.5, 0.6) is 0 Å². The van der Waals surface area contributed by atoms with E-state index >= 15 is 0 Å². The van der Waals surface area contributed by atoms with Gasteiger partial charge in [-0.15, -0.1) is 0 Å². The third-order valence-corrected chi connectivity index (χ3v) is 2.46. The fourth-order valence-corrected chi connectivity index (χ4v) is 1.63. The Balaban J connectivity index is 2.59. The van der Waals surface area contributed by atoms with E-state index in [4.69, 9.17) is 4.74 Å². The lowest BCUT2D eigenvalue weighted by atomic mass is 10.2. The molecule has 1 aromatic heterocycles. The first kappa shape index (κ1) is 14.2. The summed E-state index contributed by atoms with van der Waals surface area (Å²) < 4.78 is 4.86. The molecule has 18 heavy (non-hydrogen) atoms. The molecule has 0 radical (unpaired) electrons. The Kier molecular flexibility index (Phi) is 5.90. The van der Waals surface area contributed by atoms with Gasteiger partial charge < -0.3 is 15.4 Å². The molecule has 0 amide bonds. The Labute approximate surface area is 107 Å². The number of carbonyl (C=O) groups is 1. The molecule has 0 atom stereocenters. The normalized spacial score (nSPS) is 9.94. The van der Waals surface area contributed by atoms with Crippen LogP contribution >= 0.6 is 0 Å². The van der Waals surface area contributed by atoms with Gasteiger partial charge in [-0.1, -0.05) is 6.92 Å². The quantitative estimate of drug-likeness (QED) is 0.715. The second-order valence-electron chi connectivity index (χ2n) is 3.63. The van der Waals surface area contributed by atoms with Crippen LogP contribution in [0.4, 0.5) is 11.6 Å². The molecule has 0 bridgehead atoms. The van der Waals surface area contributed by atoms with Gasteiger partial charge in [0.05, 0.1) is 13.0 Å². The smallest absolute Gasteiger partial charge is 0.307 e. The molecule has 0 aliphatic heterocycles. The molecule has 6 nitrogen and oxygen atoms in total. The first-order valence-corrected chi connectivity index (χ1v) is 6.14. The van der Waals surface area contributed by atoms with Gasteiger partial charge in [-0.25, -0.2) is 9.97 Å². The highest BCUT2D eigenvalue weighted by molar-refractivity contribution is 5.70. The van der Waals surface area contributed by atoms with Gasteiger partial charge in [-0.2, -0.15) is 0 Å². The Morgan fingerprint density at radius 2 is 2.06 bits per heavy atom. The number of carbonyl (C=O) groups excluding carboxylic acids is 1. The van der Waals surface area contributed by atoms with Crippen LogP contribution in [0.1, 0.15) is 25.8 Å². The monoisotopic (exact) mass is 252 g/mol. The zero-order valence-corrected chi connectivity index (χ0v) is 11.1. The van der Waals surface area contributed by atoms with E-state index in [-0.39, 0.29) is 5.97 Å². The minimum atomic E-state index is -0.203. The Bertz CT molecular complexity index is 396. The molecular weight excluding hydrogens is 232 g/mol. The predicted octanol–water partition coefficient (Wildman–Crippen LogP) is 1.45. The van der Waals surface area contributed by atoms with Crippen molar-refractivity contribution in [2.45, 2.75) is 26.7 Å². The van der Waals surface area contributed by atoms with Crippen molar-refractivity contribution in [1.29, 1.82) is 0 Å². The zero-order valence-electron chi connectivity index (χ0n) is 11.1. The summed E-state index contributed by atoms with van der Waals surface area (Å²) in [6, 6.07) is 0. The van der Waals surface area contributed by atoms with E-state index in [1.165, 1.54) is 6.33 Å². The number of hydrogen-bond donors (Lipinski definition) is 2.